The Morgan fingerprint density at radius 2 is 2.25 bits per heavy atom. The molecule has 4 nitrogen and oxygen atoms in total. The van der Waals surface area contributed by atoms with E-state index in [2.05, 4.69) is 9.97 Å². The van der Waals surface area contributed by atoms with E-state index in [1.165, 1.54) is 6.07 Å². The van der Waals surface area contributed by atoms with E-state index in [-0.39, 0.29) is 5.63 Å². The summed E-state index contributed by atoms with van der Waals surface area (Å²) in [6, 6.07) is 2.99. The Morgan fingerprint density at radius 1 is 1.42 bits per heavy atom. The maximum absolute atomic E-state index is 10.8. The molecule has 0 atom stereocenters. The van der Waals surface area contributed by atoms with Gasteiger partial charge >= 0.3 is 5.63 Å². The molecule has 0 aliphatic carbocycles. The maximum atomic E-state index is 10.8. The van der Waals surface area contributed by atoms with E-state index < -0.39 is 0 Å². The van der Waals surface area contributed by atoms with Crippen LogP contribution in [0.4, 0.5) is 0 Å². The molecule has 0 saturated heterocycles. The fraction of sp³-hybridized carbons (Fsp3) is 0.125. The largest absolute Gasteiger partial charge is 0.404 e. The average molecular weight is 162 g/mol. The molecule has 0 aliphatic heterocycles. The van der Waals surface area contributed by atoms with Crippen molar-refractivity contribution in [3.63, 3.8) is 0 Å². The van der Waals surface area contributed by atoms with Crippen molar-refractivity contribution in [2.45, 2.75) is 6.92 Å². The molecule has 0 unspecified atom stereocenters. The first kappa shape index (κ1) is 6.97. The highest BCUT2D eigenvalue weighted by Gasteiger charge is 1.97. The third-order valence-electron chi connectivity index (χ3n) is 1.50. The van der Waals surface area contributed by atoms with Crippen LogP contribution in [0.5, 0.6) is 0 Å². The summed E-state index contributed by atoms with van der Waals surface area (Å²) in [5.41, 5.74) is -0.0457. The first-order valence-electron chi connectivity index (χ1n) is 3.49. The third kappa shape index (κ3) is 1.07. The second-order valence-electron chi connectivity index (χ2n) is 2.43. The lowest BCUT2D eigenvalue weighted by Gasteiger charge is -1.93. The molecular formula is C8H6N2O2. The van der Waals surface area contributed by atoms with E-state index in [1.807, 2.05) is 0 Å². The van der Waals surface area contributed by atoms with Gasteiger partial charge in [0, 0.05) is 12.3 Å². The van der Waals surface area contributed by atoms with Gasteiger partial charge in [-0.25, -0.2) is 9.78 Å². The molecule has 12 heavy (non-hydrogen) atoms. The normalized spacial score (nSPS) is 10.4. The summed E-state index contributed by atoms with van der Waals surface area (Å²) >= 11 is 0. The van der Waals surface area contributed by atoms with Gasteiger partial charge in [0.15, 0.2) is 0 Å². The monoisotopic (exact) mass is 162 g/mol. The van der Waals surface area contributed by atoms with E-state index in [1.54, 1.807) is 19.2 Å². The summed E-state index contributed by atoms with van der Waals surface area (Å²) in [6.07, 6.45) is 1.63. The third-order valence-corrected chi connectivity index (χ3v) is 1.50. The summed E-state index contributed by atoms with van der Waals surface area (Å²) in [4.78, 5) is 18.7. The van der Waals surface area contributed by atoms with Crippen molar-refractivity contribution in [2.24, 2.45) is 0 Å². The summed E-state index contributed by atoms with van der Waals surface area (Å²) in [6.45, 7) is 1.74. The fourth-order valence-electron chi connectivity index (χ4n) is 0.942. The lowest BCUT2D eigenvalue weighted by molar-refractivity contribution is 0.547. The van der Waals surface area contributed by atoms with Gasteiger partial charge in [-0.15, -0.1) is 0 Å². The molecule has 0 bridgehead atoms. The molecule has 2 heterocycles. The second-order valence-corrected chi connectivity index (χ2v) is 2.43. The molecule has 2 aromatic heterocycles. The van der Waals surface area contributed by atoms with Gasteiger partial charge in [0.2, 0.25) is 5.71 Å². The molecule has 60 valence electrons. The van der Waals surface area contributed by atoms with Gasteiger partial charge in [0.25, 0.3) is 0 Å². The standard InChI is InChI=1S/C8H6N2O2/c1-5-9-4-6-2-3-7(11)12-8(6)10-5/h2-4H,1H3. The Morgan fingerprint density at radius 3 is 3.08 bits per heavy atom. The van der Waals surface area contributed by atoms with Crippen molar-refractivity contribution in [3.8, 4) is 0 Å². The van der Waals surface area contributed by atoms with Crippen LogP contribution in [0.2, 0.25) is 0 Å². The van der Waals surface area contributed by atoms with Crippen LogP contribution in [0, 0.1) is 6.92 Å². The zero-order chi connectivity index (χ0) is 8.55. The molecule has 2 rings (SSSR count). The first-order valence-corrected chi connectivity index (χ1v) is 3.49. The number of aryl methyl sites for hydroxylation is 1. The van der Waals surface area contributed by atoms with Crippen LogP contribution in [0.1, 0.15) is 5.82 Å². The van der Waals surface area contributed by atoms with Gasteiger partial charge in [-0.2, -0.15) is 4.98 Å². The van der Waals surface area contributed by atoms with Crippen molar-refractivity contribution in [1.29, 1.82) is 0 Å². The maximum Gasteiger partial charge on any atom is 0.337 e. The first-order chi connectivity index (χ1) is 5.75. The molecule has 0 spiro atoms. The highest BCUT2D eigenvalue weighted by Crippen LogP contribution is 2.05. The Hall–Kier alpha value is -1.71. The summed E-state index contributed by atoms with van der Waals surface area (Å²) < 4.78 is 4.84. The molecule has 4 heteroatoms. The summed E-state index contributed by atoms with van der Waals surface area (Å²) in [5.74, 6) is 0.594. The SMILES string of the molecule is Cc1ncc2ccc(=O)oc2n1. The number of hydrogen-bond donors (Lipinski definition) is 0. The zero-order valence-corrected chi connectivity index (χ0v) is 6.44. The van der Waals surface area contributed by atoms with Crippen LogP contribution in [0.15, 0.2) is 27.5 Å². The van der Waals surface area contributed by atoms with Crippen LogP contribution >= 0.6 is 0 Å². The highest BCUT2D eigenvalue weighted by molar-refractivity contribution is 5.70. The molecule has 0 radical (unpaired) electrons. The molecule has 0 aromatic carbocycles. The van der Waals surface area contributed by atoms with Crippen LogP contribution in [0.3, 0.4) is 0 Å². The summed E-state index contributed by atoms with van der Waals surface area (Å²) in [7, 11) is 0. The minimum absolute atomic E-state index is 0.343. The predicted octanol–water partition coefficient (Wildman–Crippen LogP) is 0.891. The van der Waals surface area contributed by atoms with E-state index in [4.69, 9.17) is 4.42 Å². The smallest absolute Gasteiger partial charge is 0.337 e. The van der Waals surface area contributed by atoms with E-state index in [0.717, 1.165) is 5.39 Å². The minimum atomic E-state index is -0.388. The highest BCUT2D eigenvalue weighted by atomic mass is 16.4. The fourth-order valence-corrected chi connectivity index (χ4v) is 0.942. The lowest BCUT2D eigenvalue weighted by Crippen LogP contribution is -1.97. The van der Waals surface area contributed by atoms with Crippen molar-refractivity contribution in [3.05, 3.63) is 34.6 Å². The zero-order valence-electron chi connectivity index (χ0n) is 6.44. The molecule has 0 N–H and O–H groups in total. The quantitative estimate of drug-likeness (QED) is 0.577. The lowest BCUT2D eigenvalue weighted by atomic mass is 10.4. The van der Waals surface area contributed by atoms with E-state index >= 15 is 0 Å². The van der Waals surface area contributed by atoms with Crippen molar-refractivity contribution in [1.82, 2.24) is 9.97 Å². The van der Waals surface area contributed by atoms with Crippen molar-refractivity contribution >= 4 is 11.1 Å². The van der Waals surface area contributed by atoms with Crippen molar-refractivity contribution < 1.29 is 4.42 Å². The number of aromatic nitrogens is 2. The Balaban J connectivity index is 2.89. The van der Waals surface area contributed by atoms with Crippen LogP contribution in [0.25, 0.3) is 11.1 Å². The van der Waals surface area contributed by atoms with Gasteiger partial charge < -0.3 is 4.42 Å². The van der Waals surface area contributed by atoms with Crippen LogP contribution in [-0.2, 0) is 0 Å². The second kappa shape index (κ2) is 2.41. The molecule has 0 saturated carbocycles. The predicted molar refractivity (Wildman–Crippen MR) is 42.8 cm³/mol. The Kier molecular flexibility index (Phi) is 1.40. The number of rotatable bonds is 0. The number of hydrogen-bond acceptors (Lipinski definition) is 4. The van der Waals surface area contributed by atoms with E-state index in [9.17, 15) is 4.79 Å². The average Bonchev–Trinajstić information content (AvgIpc) is 2.03. The number of fused-ring (bicyclic) bond motifs is 1. The molecular weight excluding hydrogens is 156 g/mol. The molecule has 0 fully saturated rings. The van der Waals surface area contributed by atoms with Crippen molar-refractivity contribution in [2.75, 3.05) is 0 Å². The molecule has 0 amide bonds. The van der Waals surface area contributed by atoms with Gasteiger partial charge in [-0.05, 0) is 13.0 Å². The van der Waals surface area contributed by atoms with Gasteiger partial charge in [-0.1, -0.05) is 0 Å². The van der Waals surface area contributed by atoms with Crippen LogP contribution in [-0.4, -0.2) is 9.97 Å². The molecule has 2 aromatic rings. The Labute approximate surface area is 67.9 Å². The van der Waals surface area contributed by atoms with Crippen LogP contribution < -0.4 is 5.63 Å². The topological polar surface area (TPSA) is 56.0 Å². The van der Waals surface area contributed by atoms with Gasteiger partial charge in [-0.3, -0.25) is 0 Å². The molecule has 0 aliphatic rings. The minimum Gasteiger partial charge on any atom is -0.404 e. The number of nitrogens with zero attached hydrogens (tertiary/aromatic N) is 2. The Bertz CT molecular complexity index is 476. The summed E-state index contributed by atoms with van der Waals surface area (Å²) in [5, 5.41) is 0.736. The van der Waals surface area contributed by atoms with Gasteiger partial charge in [0.1, 0.15) is 5.82 Å². The van der Waals surface area contributed by atoms with Gasteiger partial charge in [0.05, 0.1) is 5.39 Å². The van der Waals surface area contributed by atoms with E-state index in [0.29, 0.717) is 11.5 Å².